The number of hydrogen-bond acceptors (Lipinski definition) is 7. The number of aromatic nitrogens is 2. The van der Waals surface area contributed by atoms with Crippen LogP contribution in [0.5, 0.6) is 5.75 Å². The molecule has 150 valence electrons. The van der Waals surface area contributed by atoms with Crippen LogP contribution in [0.4, 0.5) is 0 Å². The standard InChI is InChI=1S/C21H21N3O5/c1-14-22-18(23-29-14)13-27-17-11-9-16(10-12-17)21(26)28-19(20(25)24(2)3)15-7-5-4-6-8-15/h4-12,19H,13H2,1-3H3. The lowest BCUT2D eigenvalue weighted by atomic mass is 10.1. The lowest BCUT2D eigenvalue weighted by molar-refractivity contribution is -0.138. The van der Waals surface area contributed by atoms with Crippen molar-refractivity contribution in [2.45, 2.75) is 19.6 Å². The van der Waals surface area contributed by atoms with Crippen LogP contribution in [-0.2, 0) is 16.1 Å². The van der Waals surface area contributed by atoms with Crippen LogP contribution in [0.15, 0.2) is 59.1 Å². The molecule has 3 aromatic rings. The van der Waals surface area contributed by atoms with Gasteiger partial charge in [-0.1, -0.05) is 35.5 Å². The Morgan fingerprint density at radius 1 is 1.07 bits per heavy atom. The largest absolute Gasteiger partial charge is 0.485 e. The van der Waals surface area contributed by atoms with Gasteiger partial charge in [-0.05, 0) is 24.3 Å². The molecule has 0 fully saturated rings. The van der Waals surface area contributed by atoms with Crippen LogP contribution in [0.2, 0.25) is 0 Å². The summed E-state index contributed by atoms with van der Waals surface area (Å²) in [7, 11) is 3.23. The fourth-order valence-corrected chi connectivity index (χ4v) is 2.53. The Labute approximate surface area is 168 Å². The van der Waals surface area contributed by atoms with Gasteiger partial charge in [0, 0.05) is 26.6 Å². The highest BCUT2D eigenvalue weighted by Gasteiger charge is 2.27. The summed E-state index contributed by atoms with van der Waals surface area (Å²) >= 11 is 0. The summed E-state index contributed by atoms with van der Waals surface area (Å²) in [6, 6.07) is 15.3. The highest BCUT2D eigenvalue weighted by Crippen LogP contribution is 2.22. The van der Waals surface area contributed by atoms with Crippen LogP contribution >= 0.6 is 0 Å². The van der Waals surface area contributed by atoms with Crippen molar-refractivity contribution in [1.82, 2.24) is 15.0 Å². The summed E-state index contributed by atoms with van der Waals surface area (Å²) in [4.78, 5) is 30.5. The number of esters is 1. The SMILES string of the molecule is Cc1nc(COc2ccc(C(=O)OC(C(=O)N(C)C)c3ccccc3)cc2)no1. The van der Waals surface area contributed by atoms with Crippen molar-refractivity contribution in [1.29, 1.82) is 0 Å². The van der Waals surface area contributed by atoms with Gasteiger partial charge in [-0.15, -0.1) is 0 Å². The maximum atomic E-state index is 12.6. The van der Waals surface area contributed by atoms with Gasteiger partial charge in [0.15, 0.2) is 6.61 Å². The molecular formula is C21H21N3O5. The van der Waals surface area contributed by atoms with Crippen LogP contribution < -0.4 is 4.74 Å². The van der Waals surface area contributed by atoms with Crippen LogP contribution in [0, 0.1) is 6.92 Å². The first kappa shape index (κ1) is 20.1. The molecule has 0 radical (unpaired) electrons. The molecule has 1 aromatic heterocycles. The molecule has 0 spiro atoms. The molecule has 8 heteroatoms. The van der Waals surface area contributed by atoms with E-state index >= 15 is 0 Å². The lowest BCUT2D eigenvalue weighted by Gasteiger charge is -2.21. The van der Waals surface area contributed by atoms with E-state index in [1.54, 1.807) is 69.6 Å². The van der Waals surface area contributed by atoms with E-state index < -0.39 is 12.1 Å². The first-order valence-electron chi connectivity index (χ1n) is 8.93. The summed E-state index contributed by atoms with van der Waals surface area (Å²) < 4.78 is 16.0. The van der Waals surface area contributed by atoms with Crippen LogP contribution in [0.3, 0.4) is 0 Å². The minimum atomic E-state index is -1.02. The summed E-state index contributed by atoms with van der Waals surface area (Å²) in [5, 5.41) is 3.75. The first-order valence-corrected chi connectivity index (χ1v) is 8.93. The Kier molecular flexibility index (Phi) is 6.23. The molecule has 0 bridgehead atoms. The van der Waals surface area contributed by atoms with Gasteiger partial charge >= 0.3 is 5.97 Å². The number of carbonyl (C=O) groups excluding carboxylic acids is 2. The molecule has 0 aliphatic heterocycles. The van der Waals surface area contributed by atoms with Crippen molar-refractivity contribution in [3.8, 4) is 5.75 Å². The summed E-state index contributed by atoms with van der Waals surface area (Å²) in [6.07, 6.45) is -1.02. The maximum Gasteiger partial charge on any atom is 0.339 e. The molecule has 0 aliphatic rings. The molecule has 3 rings (SSSR count). The van der Waals surface area contributed by atoms with Crippen molar-refractivity contribution in [2.75, 3.05) is 14.1 Å². The number of benzene rings is 2. The normalized spacial score (nSPS) is 11.6. The van der Waals surface area contributed by atoms with Crippen molar-refractivity contribution >= 4 is 11.9 Å². The van der Waals surface area contributed by atoms with E-state index in [0.29, 0.717) is 28.6 Å². The number of likely N-dealkylation sites (N-methyl/N-ethyl adjacent to an activating group) is 1. The zero-order chi connectivity index (χ0) is 20.8. The number of ether oxygens (including phenoxy) is 2. The third-order valence-corrected chi connectivity index (χ3v) is 4.02. The fourth-order valence-electron chi connectivity index (χ4n) is 2.53. The van der Waals surface area contributed by atoms with E-state index in [1.165, 1.54) is 4.90 Å². The molecule has 8 nitrogen and oxygen atoms in total. The van der Waals surface area contributed by atoms with Gasteiger partial charge in [-0.2, -0.15) is 4.98 Å². The van der Waals surface area contributed by atoms with E-state index in [-0.39, 0.29) is 12.5 Å². The Balaban J connectivity index is 1.67. The fraction of sp³-hybridized carbons (Fsp3) is 0.238. The molecule has 0 saturated heterocycles. The molecule has 29 heavy (non-hydrogen) atoms. The lowest BCUT2D eigenvalue weighted by Crippen LogP contribution is -2.31. The molecular weight excluding hydrogens is 374 g/mol. The molecule has 2 aromatic carbocycles. The topological polar surface area (TPSA) is 94.8 Å². The van der Waals surface area contributed by atoms with E-state index in [2.05, 4.69) is 10.1 Å². The average molecular weight is 395 g/mol. The molecule has 1 unspecified atom stereocenters. The summed E-state index contributed by atoms with van der Waals surface area (Å²) in [5.74, 6) is 0.503. The van der Waals surface area contributed by atoms with E-state index in [4.69, 9.17) is 14.0 Å². The van der Waals surface area contributed by atoms with Crippen LogP contribution in [-0.4, -0.2) is 41.0 Å². The van der Waals surface area contributed by atoms with Gasteiger partial charge in [-0.25, -0.2) is 4.79 Å². The average Bonchev–Trinajstić information content (AvgIpc) is 3.16. The minimum absolute atomic E-state index is 0.147. The Morgan fingerprint density at radius 2 is 1.76 bits per heavy atom. The van der Waals surface area contributed by atoms with Gasteiger partial charge in [0.25, 0.3) is 5.91 Å². The van der Waals surface area contributed by atoms with Gasteiger partial charge in [0.05, 0.1) is 5.56 Å². The second-order valence-electron chi connectivity index (χ2n) is 6.47. The van der Waals surface area contributed by atoms with Crippen molar-refractivity contribution in [3.63, 3.8) is 0 Å². The second-order valence-corrected chi connectivity index (χ2v) is 6.47. The van der Waals surface area contributed by atoms with Crippen LogP contribution in [0.1, 0.15) is 33.7 Å². The Morgan fingerprint density at radius 3 is 2.34 bits per heavy atom. The number of hydrogen-bond donors (Lipinski definition) is 0. The van der Waals surface area contributed by atoms with E-state index in [0.717, 1.165) is 0 Å². The van der Waals surface area contributed by atoms with E-state index in [1.807, 2.05) is 6.07 Å². The molecule has 0 aliphatic carbocycles. The number of nitrogens with zero attached hydrogens (tertiary/aromatic N) is 3. The molecule has 1 heterocycles. The zero-order valence-electron chi connectivity index (χ0n) is 16.4. The Bertz CT molecular complexity index is 967. The Hall–Kier alpha value is -3.68. The number of amides is 1. The van der Waals surface area contributed by atoms with Crippen molar-refractivity contribution < 1.29 is 23.6 Å². The van der Waals surface area contributed by atoms with Crippen molar-refractivity contribution in [3.05, 3.63) is 77.4 Å². The van der Waals surface area contributed by atoms with Gasteiger partial charge in [0.1, 0.15) is 5.75 Å². The quantitative estimate of drug-likeness (QED) is 0.568. The van der Waals surface area contributed by atoms with Gasteiger partial charge in [0.2, 0.25) is 17.8 Å². The summed E-state index contributed by atoms with van der Waals surface area (Å²) in [5.41, 5.74) is 0.912. The first-order chi connectivity index (χ1) is 13.9. The molecule has 0 N–H and O–H groups in total. The van der Waals surface area contributed by atoms with Crippen LogP contribution in [0.25, 0.3) is 0 Å². The number of rotatable bonds is 7. The summed E-state index contributed by atoms with van der Waals surface area (Å²) in [6.45, 7) is 1.84. The number of aryl methyl sites for hydroxylation is 1. The van der Waals surface area contributed by atoms with E-state index in [9.17, 15) is 9.59 Å². The maximum absolute atomic E-state index is 12.6. The third-order valence-electron chi connectivity index (χ3n) is 4.02. The number of carbonyl (C=O) groups is 2. The minimum Gasteiger partial charge on any atom is -0.485 e. The predicted octanol–water partition coefficient (Wildman–Crippen LogP) is 2.94. The smallest absolute Gasteiger partial charge is 0.339 e. The molecule has 1 atom stereocenters. The van der Waals surface area contributed by atoms with Crippen molar-refractivity contribution in [2.24, 2.45) is 0 Å². The monoisotopic (exact) mass is 395 g/mol. The van der Waals surface area contributed by atoms with Gasteiger partial charge < -0.3 is 18.9 Å². The zero-order valence-corrected chi connectivity index (χ0v) is 16.4. The molecule has 0 saturated carbocycles. The highest BCUT2D eigenvalue weighted by atomic mass is 16.5. The predicted molar refractivity (Wildman–Crippen MR) is 103 cm³/mol. The van der Waals surface area contributed by atoms with Gasteiger partial charge in [-0.3, -0.25) is 4.79 Å². The second kappa shape index (κ2) is 9.01. The third kappa shape index (κ3) is 5.19. The highest BCUT2D eigenvalue weighted by molar-refractivity contribution is 5.92. The molecule has 1 amide bonds.